The highest BCUT2D eigenvalue weighted by Gasteiger charge is 2.17. The van der Waals surface area contributed by atoms with Gasteiger partial charge in [-0.05, 0) is 26.0 Å². The lowest BCUT2D eigenvalue weighted by Crippen LogP contribution is -2.12. The topological polar surface area (TPSA) is 75.1 Å². The van der Waals surface area contributed by atoms with E-state index in [0.717, 1.165) is 0 Å². The van der Waals surface area contributed by atoms with Crippen molar-refractivity contribution in [1.29, 1.82) is 5.26 Å². The number of pyridine rings is 1. The van der Waals surface area contributed by atoms with Crippen LogP contribution in [0.25, 0.3) is 11.1 Å². The molecule has 0 fully saturated rings. The summed E-state index contributed by atoms with van der Waals surface area (Å²) in [5.74, 6) is 1.00. The third kappa shape index (κ3) is 2.92. The average molecular weight is 319 g/mol. The number of nitriles is 1. The lowest BCUT2D eigenvalue weighted by atomic mass is 10.0. The monoisotopic (exact) mass is 318 g/mol. The fourth-order valence-electron chi connectivity index (χ4n) is 2.18. The van der Waals surface area contributed by atoms with E-state index in [1.165, 1.54) is 7.11 Å². The smallest absolute Gasteiger partial charge is 0.266 e. The third-order valence-electron chi connectivity index (χ3n) is 3.12. The Morgan fingerprint density at radius 1 is 1.27 bits per heavy atom. The maximum absolute atomic E-state index is 11.9. The predicted octanol–water partition coefficient (Wildman–Crippen LogP) is 3.28. The van der Waals surface area contributed by atoms with Crippen LogP contribution in [0.1, 0.15) is 18.2 Å². The molecular formula is C16H15ClN2O3. The summed E-state index contributed by atoms with van der Waals surface area (Å²) in [5.41, 5.74) is 1.24. The second-order valence-corrected chi connectivity index (χ2v) is 5.01. The van der Waals surface area contributed by atoms with Crippen LogP contribution in [-0.2, 0) is 0 Å². The van der Waals surface area contributed by atoms with Gasteiger partial charge in [-0.1, -0.05) is 11.6 Å². The Labute approximate surface area is 133 Å². The van der Waals surface area contributed by atoms with Crippen LogP contribution in [0.15, 0.2) is 23.0 Å². The van der Waals surface area contributed by atoms with Crippen LogP contribution in [0.4, 0.5) is 0 Å². The molecule has 5 nitrogen and oxygen atoms in total. The molecule has 0 bridgehead atoms. The number of H-pyrrole nitrogens is 1. The summed E-state index contributed by atoms with van der Waals surface area (Å²) in [6.45, 7) is 4.05. The minimum atomic E-state index is -0.442. The van der Waals surface area contributed by atoms with Crippen molar-refractivity contribution in [1.82, 2.24) is 4.98 Å². The molecule has 0 amide bonds. The number of rotatable bonds is 4. The second kappa shape index (κ2) is 6.54. The van der Waals surface area contributed by atoms with Crippen molar-refractivity contribution in [2.75, 3.05) is 13.7 Å². The van der Waals surface area contributed by atoms with Crippen molar-refractivity contribution in [2.24, 2.45) is 0 Å². The van der Waals surface area contributed by atoms with Gasteiger partial charge < -0.3 is 14.5 Å². The van der Waals surface area contributed by atoms with Crippen LogP contribution in [0.5, 0.6) is 11.5 Å². The molecule has 0 aliphatic heterocycles. The fourth-order valence-corrected chi connectivity index (χ4v) is 2.44. The van der Waals surface area contributed by atoms with Gasteiger partial charge in [-0.2, -0.15) is 5.26 Å². The molecule has 2 rings (SSSR count). The first-order chi connectivity index (χ1) is 10.5. The Hall–Kier alpha value is -2.45. The second-order valence-electron chi connectivity index (χ2n) is 4.60. The molecule has 6 heteroatoms. The molecule has 1 aromatic heterocycles. The van der Waals surface area contributed by atoms with Crippen molar-refractivity contribution in [3.63, 3.8) is 0 Å². The van der Waals surface area contributed by atoms with Crippen LogP contribution in [0.2, 0.25) is 5.02 Å². The Kier molecular flexibility index (Phi) is 4.74. The van der Waals surface area contributed by atoms with Gasteiger partial charge in [0, 0.05) is 22.9 Å². The van der Waals surface area contributed by atoms with E-state index in [1.54, 1.807) is 25.1 Å². The lowest BCUT2D eigenvalue weighted by Gasteiger charge is -2.14. The van der Waals surface area contributed by atoms with Crippen LogP contribution < -0.4 is 15.0 Å². The number of halogens is 1. The molecule has 0 radical (unpaired) electrons. The summed E-state index contributed by atoms with van der Waals surface area (Å²) in [5, 5.41) is 9.62. The number of nitrogens with zero attached hydrogens (tertiary/aromatic N) is 1. The largest absolute Gasteiger partial charge is 0.493 e. The summed E-state index contributed by atoms with van der Waals surface area (Å²) in [6.07, 6.45) is 0. The van der Waals surface area contributed by atoms with E-state index in [0.29, 0.717) is 39.9 Å². The number of nitrogens with one attached hydrogen (secondary N) is 1. The SMILES string of the molecule is CCOc1cc(-c2cc(C)[nH]c(=O)c2C#N)c(Cl)cc1OC. The Balaban J connectivity index is 2.76. The van der Waals surface area contributed by atoms with Gasteiger partial charge in [0.2, 0.25) is 0 Å². The van der Waals surface area contributed by atoms with E-state index >= 15 is 0 Å². The van der Waals surface area contributed by atoms with E-state index in [4.69, 9.17) is 21.1 Å². The highest BCUT2D eigenvalue weighted by atomic mass is 35.5. The summed E-state index contributed by atoms with van der Waals surface area (Å²) in [4.78, 5) is 14.5. The molecule has 22 heavy (non-hydrogen) atoms. The predicted molar refractivity (Wildman–Crippen MR) is 84.7 cm³/mol. The molecule has 0 saturated carbocycles. The molecule has 2 aromatic rings. The van der Waals surface area contributed by atoms with Gasteiger partial charge in [-0.25, -0.2) is 0 Å². The molecular weight excluding hydrogens is 304 g/mol. The van der Waals surface area contributed by atoms with Crippen molar-refractivity contribution in [3.8, 4) is 28.7 Å². The zero-order chi connectivity index (χ0) is 16.3. The fraction of sp³-hybridized carbons (Fsp3) is 0.250. The maximum Gasteiger partial charge on any atom is 0.266 e. The Bertz CT molecular complexity index is 806. The first kappa shape index (κ1) is 15.9. The molecule has 0 aliphatic carbocycles. The summed E-state index contributed by atoms with van der Waals surface area (Å²) < 4.78 is 10.8. The molecule has 1 aromatic carbocycles. The quantitative estimate of drug-likeness (QED) is 0.938. The van der Waals surface area contributed by atoms with Gasteiger partial charge in [0.05, 0.1) is 18.7 Å². The number of aromatic amines is 1. The minimum Gasteiger partial charge on any atom is -0.493 e. The van der Waals surface area contributed by atoms with Crippen molar-refractivity contribution < 1.29 is 9.47 Å². The van der Waals surface area contributed by atoms with E-state index < -0.39 is 5.56 Å². The van der Waals surface area contributed by atoms with E-state index in [2.05, 4.69) is 4.98 Å². The summed E-state index contributed by atoms with van der Waals surface area (Å²) in [6, 6.07) is 6.93. The van der Waals surface area contributed by atoms with Crippen molar-refractivity contribution in [3.05, 3.63) is 44.8 Å². The lowest BCUT2D eigenvalue weighted by molar-refractivity contribution is 0.311. The molecule has 0 atom stereocenters. The number of benzene rings is 1. The van der Waals surface area contributed by atoms with Crippen LogP contribution in [-0.4, -0.2) is 18.7 Å². The van der Waals surface area contributed by atoms with E-state index in [-0.39, 0.29) is 5.56 Å². The number of hydrogen-bond donors (Lipinski definition) is 1. The Morgan fingerprint density at radius 3 is 2.59 bits per heavy atom. The normalized spacial score (nSPS) is 10.1. The van der Waals surface area contributed by atoms with E-state index in [1.807, 2.05) is 13.0 Å². The summed E-state index contributed by atoms with van der Waals surface area (Å²) in [7, 11) is 1.52. The van der Waals surface area contributed by atoms with Gasteiger partial charge in [0.1, 0.15) is 11.6 Å². The van der Waals surface area contributed by atoms with Crippen molar-refractivity contribution >= 4 is 11.6 Å². The average Bonchev–Trinajstić information content (AvgIpc) is 2.48. The van der Waals surface area contributed by atoms with Crippen LogP contribution in [0.3, 0.4) is 0 Å². The molecule has 114 valence electrons. The number of aromatic nitrogens is 1. The number of ether oxygens (including phenoxy) is 2. The molecule has 0 aliphatic rings. The highest BCUT2D eigenvalue weighted by molar-refractivity contribution is 6.33. The zero-order valence-electron chi connectivity index (χ0n) is 12.5. The summed E-state index contributed by atoms with van der Waals surface area (Å²) >= 11 is 6.29. The van der Waals surface area contributed by atoms with Gasteiger partial charge in [0.15, 0.2) is 11.5 Å². The third-order valence-corrected chi connectivity index (χ3v) is 3.44. The highest BCUT2D eigenvalue weighted by Crippen LogP contribution is 2.39. The molecule has 1 heterocycles. The van der Waals surface area contributed by atoms with Gasteiger partial charge in [-0.15, -0.1) is 0 Å². The van der Waals surface area contributed by atoms with Crippen LogP contribution in [0, 0.1) is 18.3 Å². The van der Waals surface area contributed by atoms with Crippen LogP contribution >= 0.6 is 11.6 Å². The first-order valence-electron chi connectivity index (χ1n) is 6.66. The minimum absolute atomic E-state index is 0.0140. The van der Waals surface area contributed by atoms with Gasteiger partial charge in [0.25, 0.3) is 5.56 Å². The zero-order valence-corrected chi connectivity index (χ0v) is 13.2. The Morgan fingerprint density at radius 2 is 2.00 bits per heavy atom. The van der Waals surface area contributed by atoms with Crippen molar-refractivity contribution in [2.45, 2.75) is 13.8 Å². The molecule has 1 N–H and O–H groups in total. The molecule has 0 spiro atoms. The number of methoxy groups -OCH3 is 1. The first-order valence-corrected chi connectivity index (χ1v) is 7.04. The molecule has 0 unspecified atom stereocenters. The van der Waals surface area contributed by atoms with Gasteiger partial charge in [-0.3, -0.25) is 4.79 Å². The van der Waals surface area contributed by atoms with Gasteiger partial charge >= 0.3 is 0 Å². The standard InChI is InChI=1S/C16H15ClN2O3/c1-4-22-15-6-11(13(17)7-14(15)21-3)10-5-9(2)19-16(20)12(10)8-18/h5-7H,4H2,1-3H3,(H,19,20). The number of aryl methyl sites for hydroxylation is 1. The maximum atomic E-state index is 11.9. The number of hydrogen-bond acceptors (Lipinski definition) is 4. The van der Waals surface area contributed by atoms with E-state index in [9.17, 15) is 10.1 Å². The molecule has 0 saturated heterocycles.